The maximum absolute atomic E-state index is 13.0. The molecular weight excluding hydrogens is 286 g/mol. The number of nitrogen functional groups attached to an aromatic ring is 1. The molecule has 1 amide bonds. The molecule has 23 heavy (non-hydrogen) atoms. The van der Waals surface area contributed by atoms with Gasteiger partial charge in [-0.15, -0.1) is 0 Å². The van der Waals surface area contributed by atoms with Crippen molar-refractivity contribution in [1.82, 2.24) is 4.98 Å². The summed E-state index contributed by atoms with van der Waals surface area (Å²) in [4.78, 5) is 18.7. The summed E-state index contributed by atoms with van der Waals surface area (Å²) in [7, 11) is 0. The van der Waals surface area contributed by atoms with Crippen LogP contribution in [0.15, 0.2) is 79.0 Å². The predicted molar refractivity (Wildman–Crippen MR) is 92.0 cm³/mol. The average Bonchev–Trinajstić information content (AvgIpc) is 2.61. The van der Waals surface area contributed by atoms with Crippen LogP contribution in [0.4, 0.5) is 11.5 Å². The summed E-state index contributed by atoms with van der Waals surface area (Å²) in [5.41, 5.74) is 8.15. The Kier molecular flexibility index (Phi) is 4.34. The molecule has 2 N–H and O–H groups in total. The molecule has 0 aliphatic carbocycles. The fraction of sp³-hybridized carbons (Fsp3) is 0.0526. The number of pyridine rings is 1. The summed E-state index contributed by atoms with van der Waals surface area (Å²) in [6, 6.07) is 22.8. The van der Waals surface area contributed by atoms with Crippen molar-refractivity contribution in [3.63, 3.8) is 0 Å². The zero-order chi connectivity index (χ0) is 16.1. The highest BCUT2D eigenvalue weighted by Crippen LogP contribution is 2.21. The number of benzene rings is 2. The standard InChI is InChI=1S/C19H17N3O/c20-18-17(12-7-13-21-18)19(23)22(16-10-5-2-6-11-16)14-15-8-3-1-4-9-15/h1-13H,14H2,(H2,20,21). The molecule has 3 rings (SSSR count). The van der Waals surface area contributed by atoms with Crippen LogP contribution in [0.25, 0.3) is 0 Å². The number of carbonyl (C=O) groups excluding carboxylic acids is 1. The Hall–Kier alpha value is -3.14. The zero-order valence-corrected chi connectivity index (χ0v) is 12.6. The lowest BCUT2D eigenvalue weighted by Crippen LogP contribution is -2.31. The van der Waals surface area contributed by atoms with Crippen molar-refractivity contribution < 1.29 is 4.79 Å². The lowest BCUT2D eigenvalue weighted by Gasteiger charge is -2.23. The first-order valence-electron chi connectivity index (χ1n) is 7.37. The van der Waals surface area contributed by atoms with Gasteiger partial charge in [0.15, 0.2) is 0 Å². The smallest absolute Gasteiger partial charge is 0.262 e. The Labute approximate surface area is 135 Å². The molecule has 0 saturated heterocycles. The fourth-order valence-corrected chi connectivity index (χ4v) is 2.40. The number of amides is 1. The monoisotopic (exact) mass is 303 g/mol. The molecule has 0 aliphatic rings. The van der Waals surface area contributed by atoms with Crippen LogP contribution in [0, 0.1) is 0 Å². The average molecular weight is 303 g/mol. The minimum absolute atomic E-state index is 0.161. The molecule has 0 unspecified atom stereocenters. The quantitative estimate of drug-likeness (QED) is 0.802. The van der Waals surface area contributed by atoms with Crippen molar-refractivity contribution in [2.75, 3.05) is 10.6 Å². The summed E-state index contributed by atoms with van der Waals surface area (Å²) >= 11 is 0. The highest BCUT2D eigenvalue weighted by molar-refractivity contribution is 6.08. The zero-order valence-electron chi connectivity index (χ0n) is 12.6. The summed E-state index contributed by atoms with van der Waals surface area (Å²) in [5.74, 6) is 0.0807. The largest absolute Gasteiger partial charge is 0.383 e. The lowest BCUT2D eigenvalue weighted by atomic mass is 10.1. The van der Waals surface area contributed by atoms with Crippen molar-refractivity contribution >= 4 is 17.4 Å². The molecule has 0 radical (unpaired) electrons. The molecule has 0 bridgehead atoms. The van der Waals surface area contributed by atoms with E-state index < -0.39 is 0 Å². The summed E-state index contributed by atoms with van der Waals surface area (Å²) < 4.78 is 0. The minimum Gasteiger partial charge on any atom is -0.383 e. The first kappa shape index (κ1) is 14.8. The van der Waals surface area contributed by atoms with E-state index in [4.69, 9.17) is 5.73 Å². The first-order valence-corrected chi connectivity index (χ1v) is 7.37. The van der Waals surface area contributed by atoms with E-state index in [0.717, 1.165) is 11.3 Å². The normalized spacial score (nSPS) is 10.3. The number of aromatic nitrogens is 1. The van der Waals surface area contributed by atoms with E-state index in [2.05, 4.69) is 4.98 Å². The molecule has 0 saturated carbocycles. The maximum atomic E-state index is 13.0. The third-order valence-corrected chi connectivity index (χ3v) is 3.57. The topological polar surface area (TPSA) is 59.2 Å². The molecule has 1 heterocycles. The predicted octanol–water partition coefficient (Wildman–Crippen LogP) is 3.51. The van der Waals surface area contributed by atoms with Gasteiger partial charge in [0.05, 0.1) is 12.1 Å². The van der Waals surface area contributed by atoms with Crippen LogP contribution in [-0.4, -0.2) is 10.9 Å². The van der Waals surface area contributed by atoms with Crippen molar-refractivity contribution in [3.8, 4) is 0 Å². The molecule has 4 nitrogen and oxygen atoms in total. The molecule has 4 heteroatoms. The van der Waals surface area contributed by atoms with Crippen LogP contribution in [0.3, 0.4) is 0 Å². The van der Waals surface area contributed by atoms with Gasteiger partial charge >= 0.3 is 0 Å². The molecule has 2 aromatic carbocycles. The van der Waals surface area contributed by atoms with E-state index in [9.17, 15) is 4.79 Å². The maximum Gasteiger partial charge on any atom is 0.262 e. The van der Waals surface area contributed by atoms with Gasteiger partial charge in [0.25, 0.3) is 5.91 Å². The third-order valence-electron chi connectivity index (χ3n) is 3.57. The molecule has 0 fully saturated rings. The van der Waals surface area contributed by atoms with Crippen LogP contribution in [0.1, 0.15) is 15.9 Å². The Morgan fingerprint density at radius 2 is 1.57 bits per heavy atom. The first-order chi connectivity index (χ1) is 11.3. The third kappa shape index (κ3) is 3.37. The van der Waals surface area contributed by atoms with Crippen molar-refractivity contribution in [3.05, 3.63) is 90.1 Å². The Balaban J connectivity index is 1.98. The van der Waals surface area contributed by atoms with Crippen molar-refractivity contribution in [2.24, 2.45) is 0 Å². The van der Waals surface area contributed by atoms with Gasteiger partial charge < -0.3 is 10.6 Å². The van der Waals surface area contributed by atoms with Gasteiger partial charge in [-0.3, -0.25) is 4.79 Å². The van der Waals surface area contributed by atoms with E-state index >= 15 is 0 Å². The lowest BCUT2D eigenvalue weighted by molar-refractivity contribution is 0.0985. The number of carbonyl (C=O) groups is 1. The second kappa shape index (κ2) is 6.75. The molecule has 114 valence electrons. The second-order valence-electron chi connectivity index (χ2n) is 5.15. The van der Waals surface area contributed by atoms with Gasteiger partial charge in [0.1, 0.15) is 5.82 Å². The summed E-state index contributed by atoms with van der Waals surface area (Å²) in [6.45, 7) is 0.470. The molecule has 3 aromatic rings. The number of hydrogen-bond donors (Lipinski definition) is 1. The van der Waals surface area contributed by atoms with Gasteiger partial charge in [-0.1, -0.05) is 48.5 Å². The van der Waals surface area contributed by atoms with Gasteiger partial charge in [0, 0.05) is 11.9 Å². The van der Waals surface area contributed by atoms with Gasteiger partial charge in [-0.25, -0.2) is 4.98 Å². The number of anilines is 2. The molecule has 0 spiro atoms. The van der Waals surface area contributed by atoms with E-state index in [0.29, 0.717) is 12.1 Å². The number of rotatable bonds is 4. The number of nitrogens with zero attached hydrogens (tertiary/aromatic N) is 2. The van der Waals surface area contributed by atoms with Crippen LogP contribution >= 0.6 is 0 Å². The molecule has 0 atom stereocenters. The van der Waals surface area contributed by atoms with Crippen molar-refractivity contribution in [1.29, 1.82) is 0 Å². The van der Waals surface area contributed by atoms with Crippen LogP contribution in [0.5, 0.6) is 0 Å². The highest BCUT2D eigenvalue weighted by Gasteiger charge is 2.20. The van der Waals surface area contributed by atoms with Gasteiger partial charge in [-0.05, 0) is 29.8 Å². The minimum atomic E-state index is -0.161. The fourth-order valence-electron chi connectivity index (χ4n) is 2.40. The van der Waals surface area contributed by atoms with Gasteiger partial charge in [0.2, 0.25) is 0 Å². The summed E-state index contributed by atoms with van der Waals surface area (Å²) in [6.07, 6.45) is 1.58. The number of para-hydroxylation sites is 1. The van der Waals surface area contributed by atoms with Crippen LogP contribution in [-0.2, 0) is 6.54 Å². The van der Waals surface area contributed by atoms with Gasteiger partial charge in [-0.2, -0.15) is 0 Å². The Morgan fingerprint density at radius 3 is 2.22 bits per heavy atom. The van der Waals surface area contributed by atoms with E-state index in [1.807, 2.05) is 60.7 Å². The Bertz CT molecular complexity index is 788. The molecular formula is C19H17N3O. The highest BCUT2D eigenvalue weighted by atomic mass is 16.2. The van der Waals surface area contributed by atoms with E-state index in [1.165, 1.54) is 0 Å². The van der Waals surface area contributed by atoms with E-state index in [-0.39, 0.29) is 11.7 Å². The molecule has 0 aliphatic heterocycles. The Morgan fingerprint density at radius 1 is 0.913 bits per heavy atom. The number of nitrogens with two attached hydrogens (primary N) is 1. The van der Waals surface area contributed by atoms with Crippen molar-refractivity contribution in [2.45, 2.75) is 6.54 Å². The molecule has 1 aromatic heterocycles. The van der Waals surface area contributed by atoms with Crippen LogP contribution in [0.2, 0.25) is 0 Å². The second-order valence-corrected chi connectivity index (χ2v) is 5.15. The van der Waals surface area contributed by atoms with E-state index in [1.54, 1.807) is 23.2 Å². The number of hydrogen-bond acceptors (Lipinski definition) is 3. The summed E-state index contributed by atoms with van der Waals surface area (Å²) in [5, 5.41) is 0. The SMILES string of the molecule is Nc1ncccc1C(=O)N(Cc1ccccc1)c1ccccc1. The van der Waals surface area contributed by atoms with Crippen LogP contribution < -0.4 is 10.6 Å².